The fourth-order valence-electron chi connectivity index (χ4n) is 6.19. The van der Waals surface area contributed by atoms with Crippen LogP contribution in [0.3, 0.4) is 0 Å². The summed E-state index contributed by atoms with van der Waals surface area (Å²) >= 11 is 1.57. The zero-order valence-corrected chi connectivity index (χ0v) is 29.2. The maximum atomic E-state index is 8.08. The van der Waals surface area contributed by atoms with Crippen LogP contribution in [0, 0.1) is 18.8 Å². The number of aromatic nitrogens is 1. The van der Waals surface area contributed by atoms with Gasteiger partial charge < -0.3 is 14.7 Å². The molecule has 4 nitrogen and oxygen atoms in total. The van der Waals surface area contributed by atoms with Crippen molar-refractivity contribution in [2.75, 3.05) is 21.7 Å². The minimum Gasteiger partial charge on any atom is -0.504 e. The minimum atomic E-state index is -2.31. The predicted octanol–water partition coefficient (Wildman–Crippen LogP) is 11.0. The Bertz CT molecular complexity index is 2210. The number of hydrogen-bond acceptors (Lipinski definition) is 5. The van der Waals surface area contributed by atoms with Gasteiger partial charge in [0, 0.05) is 48.3 Å². The molecule has 0 atom stereocenters. The molecule has 47 heavy (non-hydrogen) atoms. The monoisotopic (exact) mass is 811 g/mol. The summed E-state index contributed by atoms with van der Waals surface area (Å²) in [6.07, 6.45) is 1.90. The first-order valence-electron chi connectivity index (χ1n) is 16.8. The first kappa shape index (κ1) is 27.8. The Morgan fingerprint density at radius 2 is 1.38 bits per heavy atom. The molecular weight excluding hydrogens is 776 g/mol. The van der Waals surface area contributed by atoms with E-state index in [9.17, 15) is 0 Å². The topological polar surface area (TPSA) is 22.6 Å². The van der Waals surface area contributed by atoms with E-state index < -0.39 is 6.98 Å². The number of benzene rings is 5. The van der Waals surface area contributed by atoms with Gasteiger partial charge in [-0.15, -0.1) is 51.0 Å². The molecule has 0 aliphatic carbocycles. The second-order valence-corrected chi connectivity index (χ2v) is 13.6. The first-order valence-corrected chi connectivity index (χ1v) is 16.1. The van der Waals surface area contributed by atoms with Crippen LogP contribution in [0.4, 0.5) is 34.3 Å². The van der Waals surface area contributed by atoms with Gasteiger partial charge in [-0.2, -0.15) is 30.9 Å². The Morgan fingerprint density at radius 3 is 2.15 bits per heavy atom. The maximum Gasteiger partial charge on any atom is 0.135 e. The van der Waals surface area contributed by atoms with E-state index in [0.717, 1.165) is 60.6 Å². The molecule has 6 heteroatoms. The third-order valence-corrected chi connectivity index (χ3v) is 9.39. The van der Waals surface area contributed by atoms with Gasteiger partial charge in [0.25, 0.3) is 0 Å². The third kappa shape index (κ3) is 5.66. The normalized spacial score (nSPS) is 14.4. The Morgan fingerprint density at radius 1 is 0.702 bits per heavy atom. The molecule has 1 aromatic heterocycles. The second kappa shape index (κ2) is 12.4. The van der Waals surface area contributed by atoms with Crippen molar-refractivity contribution < 1.29 is 25.2 Å². The van der Waals surface area contributed by atoms with Crippen LogP contribution in [0.5, 0.6) is 0 Å². The van der Waals surface area contributed by atoms with E-state index in [1.807, 2.05) is 53.6 Å². The van der Waals surface area contributed by atoms with E-state index in [0.29, 0.717) is 5.69 Å². The molecule has 0 spiro atoms. The molecule has 0 amide bonds. The third-order valence-electron chi connectivity index (χ3n) is 8.48. The van der Waals surface area contributed by atoms with E-state index in [1.54, 1.807) is 18.4 Å². The van der Waals surface area contributed by atoms with Gasteiger partial charge in [0.05, 0.1) is 5.69 Å². The number of nitrogens with zero attached hydrogens (tertiary/aromatic N) is 4. The average Bonchev–Trinajstić information content (AvgIpc) is 3.44. The van der Waals surface area contributed by atoms with Gasteiger partial charge in [-0.1, -0.05) is 86.6 Å². The van der Waals surface area contributed by atoms with Crippen LogP contribution in [-0.4, -0.2) is 12.0 Å². The molecule has 2 aliphatic heterocycles. The minimum absolute atomic E-state index is 0. The van der Waals surface area contributed by atoms with Crippen LogP contribution in [0.15, 0.2) is 131 Å². The number of anilines is 6. The Labute approximate surface area is 300 Å². The van der Waals surface area contributed by atoms with E-state index in [-0.39, 0.29) is 26.5 Å². The second-order valence-electron chi connectivity index (χ2n) is 12.5. The Hall–Kier alpha value is -4.31. The van der Waals surface area contributed by atoms with Crippen molar-refractivity contribution in [3.05, 3.63) is 146 Å². The van der Waals surface area contributed by atoms with E-state index >= 15 is 0 Å². The van der Waals surface area contributed by atoms with Crippen molar-refractivity contribution in [2.45, 2.75) is 36.0 Å². The van der Waals surface area contributed by atoms with Crippen LogP contribution in [0.1, 0.15) is 30.4 Å². The molecule has 0 N–H and O–H groups in total. The summed E-state index contributed by atoms with van der Waals surface area (Å²) in [4.78, 5) is 12.2. The molecule has 8 rings (SSSR count). The van der Waals surface area contributed by atoms with Gasteiger partial charge in [0.15, 0.2) is 0 Å². The Balaban J connectivity index is 0.00000392. The summed E-state index contributed by atoms with van der Waals surface area (Å²) in [5, 5.41) is 0. The van der Waals surface area contributed by atoms with Crippen LogP contribution in [0.2, 0.25) is 0 Å². The molecule has 0 bridgehead atoms. The largest absolute Gasteiger partial charge is 0.504 e. The molecule has 3 heterocycles. The number of hydrogen-bond donors (Lipinski definition) is 0. The first-order chi connectivity index (χ1) is 23.6. The number of rotatable bonds is 4. The molecule has 0 saturated carbocycles. The zero-order valence-electron chi connectivity index (χ0n) is 29.1. The van der Waals surface area contributed by atoms with Crippen molar-refractivity contribution >= 4 is 46.0 Å². The van der Waals surface area contributed by atoms with Gasteiger partial charge in [0.1, 0.15) is 5.82 Å². The molecule has 5 aromatic carbocycles. The fraction of sp³-hybridized carbons (Fsp3) is 0.122. The maximum absolute atomic E-state index is 8.08. The molecule has 236 valence electrons. The van der Waals surface area contributed by atoms with Gasteiger partial charge in [0.2, 0.25) is 0 Å². The smallest absolute Gasteiger partial charge is 0.135 e. The van der Waals surface area contributed by atoms with E-state index in [4.69, 9.17) is 9.10 Å². The Kier molecular flexibility index (Phi) is 7.31. The standard InChI is InChI=1S/C41H33N4S.Pt/c1-41(2,3)28-22-23-42-40(24-28)45-36-17-8-7-16-34(36)32-14-5-6-15-33(32)35-21-20-31(26-39(35)45)46-30-13-11-12-29(25-30)44-27-43(4)37-18-9-10-19-38(37)44;/h5-24,27H,1-4H3;/q-3;/i4D3;. The molecule has 2 aliphatic rings. The van der Waals surface area contributed by atoms with Gasteiger partial charge >= 0.3 is 0 Å². The van der Waals surface area contributed by atoms with Gasteiger partial charge in [-0.05, 0) is 53.8 Å². The zero-order chi connectivity index (χ0) is 33.9. The summed E-state index contributed by atoms with van der Waals surface area (Å²) in [5.41, 5.74) is 9.82. The van der Waals surface area contributed by atoms with Crippen LogP contribution >= 0.6 is 11.8 Å². The van der Waals surface area contributed by atoms with Gasteiger partial charge in [-0.3, -0.25) is 0 Å². The van der Waals surface area contributed by atoms with Crippen molar-refractivity contribution in [1.82, 2.24) is 4.98 Å². The molecule has 0 fully saturated rings. The average molecular weight is 812 g/mol. The molecular formula is C41H33N4PtS-3. The number of fused-ring (bicyclic) bond motifs is 6. The molecule has 0 radical (unpaired) electrons. The SMILES string of the molecule is [2H]C([2H])([2H])N1[CH-]N(c2[c-]c(Sc3[c-]c4c(cc3)-c3ccccc3-c3ccccc3N4c3cc(C(C)(C)C)ccn3)ccc2)c2ccccc21.[Pt]. The summed E-state index contributed by atoms with van der Waals surface area (Å²) < 4.78 is 24.2. The van der Waals surface area contributed by atoms with E-state index in [1.165, 1.54) is 10.5 Å². The molecule has 0 unspecified atom stereocenters. The number of pyridine rings is 1. The van der Waals surface area contributed by atoms with Crippen molar-refractivity contribution in [3.63, 3.8) is 0 Å². The van der Waals surface area contributed by atoms with Crippen molar-refractivity contribution in [3.8, 4) is 22.3 Å². The van der Waals surface area contributed by atoms with Crippen LogP contribution in [-0.2, 0) is 26.5 Å². The summed E-state index contributed by atoms with van der Waals surface area (Å²) in [7, 11) is 0. The van der Waals surface area contributed by atoms with Crippen LogP contribution < -0.4 is 14.7 Å². The van der Waals surface area contributed by atoms with E-state index in [2.05, 4.69) is 111 Å². The molecule has 0 saturated heterocycles. The van der Waals surface area contributed by atoms with Gasteiger partial charge in [-0.25, -0.2) is 4.98 Å². The summed E-state index contributed by atoms with van der Waals surface area (Å²) in [6, 6.07) is 46.4. The van der Waals surface area contributed by atoms with Crippen LogP contribution in [0.25, 0.3) is 22.3 Å². The summed E-state index contributed by atoms with van der Waals surface area (Å²) in [5.74, 6) is 0.836. The quantitative estimate of drug-likeness (QED) is 0.165. The summed E-state index contributed by atoms with van der Waals surface area (Å²) in [6.45, 7) is 5.99. The fourth-order valence-corrected chi connectivity index (χ4v) is 7.01. The molecule has 6 aromatic rings. The van der Waals surface area contributed by atoms with Crippen molar-refractivity contribution in [1.29, 1.82) is 0 Å². The predicted molar refractivity (Wildman–Crippen MR) is 192 cm³/mol. The van der Waals surface area contributed by atoms with Crippen molar-refractivity contribution in [2.24, 2.45) is 0 Å². The number of para-hydroxylation sites is 3.